The molecule has 0 aromatic heterocycles. The van der Waals surface area contributed by atoms with Crippen LogP contribution in [-0.2, 0) is 0 Å². The van der Waals surface area contributed by atoms with E-state index in [1.54, 1.807) is 24.3 Å². The van der Waals surface area contributed by atoms with Gasteiger partial charge in [0.15, 0.2) is 5.11 Å². The first-order chi connectivity index (χ1) is 13.5. The van der Waals surface area contributed by atoms with Crippen LogP contribution in [0.1, 0.15) is 26.3 Å². The van der Waals surface area contributed by atoms with Gasteiger partial charge in [0.1, 0.15) is 0 Å². The Morgan fingerprint density at radius 2 is 1.21 bits per heavy atom. The number of carbonyl (C=O) groups excluding carboxylic acids is 2. The number of rotatable bonds is 3. The molecule has 0 aliphatic carbocycles. The molecule has 3 aromatic carbocycles. The van der Waals surface area contributed by atoms with E-state index in [-0.39, 0.29) is 16.9 Å². The lowest BCUT2D eigenvalue weighted by Crippen LogP contribution is -2.48. The van der Waals surface area contributed by atoms with E-state index in [1.807, 2.05) is 61.5 Å². The summed E-state index contributed by atoms with van der Waals surface area (Å²) in [5, 5.41) is 2.55. The number of thiocarbonyl (C=S) groups is 1. The molecule has 0 saturated carbocycles. The Balaban J connectivity index is 1.53. The van der Waals surface area contributed by atoms with E-state index in [0.29, 0.717) is 11.1 Å². The minimum Gasteiger partial charge on any atom is -0.298 e. The zero-order valence-electron chi connectivity index (χ0n) is 15.2. The van der Waals surface area contributed by atoms with E-state index in [0.717, 1.165) is 16.7 Å². The second-order valence-corrected chi connectivity index (χ2v) is 6.58. The monoisotopic (exact) mass is 389 g/mol. The first kappa shape index (κ1) is 19.3. The number of aryl methyl sites for hydroxylation is 1. The molecule has 2 amide bonds. The van der Waals surface area contributed by atoms with Crippen LogP contribution < -0.4 is 16.2 Å². The Morgan fingerprint density at radius 3 is 1.86 bits per heavy atom. The molecule has 140 valence electrons. The fourth-order valence-electron chi connectivity index (χ4n) is 2.54. The van der Waals surface area contributed by atoms with Gasteiger partial charge < -0.3 is 0 Å². The van der Waals surface area contributed by atoms with Gasteiger partial charge in [0, 0.05) is 11.1 Å². The van der Waals surface area contributed by atoms with Gasteiger partial charge in [-0.05, 0) is 54.5 Å². The fourth-order valence-corrected chi connectivity index (χ4v) is 2.69. The summed E-state index contributed by atoms with van der Waals surface area (Å²) in [7, 11) is 0. The summed E-state index contributed by atoms with van der Waals surface area (Å²) in [6.45, 7) is 1.94. The molecule has 3 N–H and O–H groups in total. The molecule has 0 radical (unpaired) electrons. The Kier molecular flexibility index (Phi) is 6.14. The average molecular weight is 389 g/mol. The molecule has 0 fully saturated rings. The van der Waals surface area contributed by atoms with Crippen LogP contribution >= 0.6 is 12.2 Å². The van der Waals surface area contributed by atoms with E-state index in [1.165, 1.54) is 0 Å². The number of nitrogens with one attached hydrogen (secondary N) is 3. The van der Waals surface area contributed by atoms with Crippen molar-refractivity contribution in [3.63, 3.8) is 0 Å². The first-order valence-corrected chi connectivity index (χ1v) is 9.07. The molecule has 6 heteroatoms. The molecule has 0 atom stereocenters. The SMILES string of the molecule is Cc1ccc(C(=O)NNC(=S)NC(=O)c2ccc(-c3ccccc3)cc2)cc1. The zero-order chi connectivity index (χ0) is 19.9. The van der Waals surface area contributed by atoms with Crippen molar-refractivity contribution in [2.45, 2.75) is 6.92 Å². The van der Waals surface area contributed by atoms with Gasteiger partial charge in [-0.15, -0.1) is 0 Å². The van der Waals surface area contributed by atoms with E-state index in [4.69, 9.17) is 12.2 Å². The van der Waals surface area contributed by atoms with Gasteiger partial charge in [-0.25, -0.2) is 0 Å². The Labute approximate surface area is 168 Å². The van der Waals surface area contributed by atoms with Crippen molar-refractivity contribution in [2.75, 3.05) is 0 Å². The topological polar surface area (TPSA) is 70.2 Å². The lowest BCUT2D eigenvalue weighted by molar-refractivity contribution is 0.0934. The fraction of sp³-hybridized carbons (Fsp3) is 0.0455. The minimum atomic E-state index is -0.360. The van der Waals surface area contributed by atoms with E-state index >= 15 is 0 Å². The van der Waals surface area contributed by atoms with Crippen LogP contribution in [0.3, 0.4) is 0 Å². The Hall–Kier alpha value is -3.51. The molecule has 0 spiro atoms. The van der Waals surface area contributed by atoms with Gasteiger partial charge in [-0.3, -0.25) is 25.8 Å². The molecule has 0 bridgehead atoms. The molecule has 28 heavy (non-hydrogen) atoms. The third-order valence-electron chi connectivity index (χ3n) is 4.08. The molecular weight excluding hydrogens is 370 g/mol. The van der Waals surface area contributed by atoms with Crippen LogP contribution in [0.25, 0.3) is 11.1 Å². The van der Waals surface area contributed by atoms with Gasteiger partial charge in [-0.2, -0.15) is 0 Å². The van der Waals surface area contributed by atoms with E-state index in [9.17, 15) is 9.59 Å². The van der Waals surface area contributed by atoms with Gasteiger partial charge in [-0.1, -0.05) is 60.2 Å². The number of benzene rings is 3. The summed E-state index contributed by atoms with van der Waals surface area (Å²) in [4.78, 5) is 24.3. The summed E-state index contributed by atoms with van der Waals surface area (Å²) >= 11 is 5.06. The van der Waals surface area contributed by atoms with Gasteiger partial charge in [0.05, 0.1) is 0 Å². The van der Waals surface area contributed by atoms with Crippen LogP contribution in [0.4, 0.5) is 0 Å². The molecular formula is C22H19N3O2S. The lowest BCUT2D eigenvalue weighted by atomic mass is 10.0. The van der Waals surface area contributed by atoms with Crippen LogP contribution in [0.2, 0.25) is 0 Å². The second kappa shape index (κ2) is 8.92. The van der Waals surface area contributed by atoms with Crippen molar-refractivity contribution in [2.24, 2.45) is 0 Å². The van der Waals surface area contributed by atoms with Crippen LogP contribution in [0.5, 0.6) is 0 Å². The van der Waals surface area contributed by atoms with Crippen LogP contribution in [-0.4, -0.2) is 16.9 Å². The highest BCUT2D eigenvalue weighted by Crippen LogP contribution is 2.19. The summed E-state index contributed by atoms with van der Waals surface area (Å²) in [6.07, 6.45) is 0. The molecule has 0 saturated heterocycles. The molecule has 3 rings (SSSR count). The van der Waals surface area contributed by atoms with Crippen molar-refractivity contribution in [1.82, 2.24) is 16.2 Å². The summed E-state index contributed by atoms with van der Waals surface area (Å²) < 4.78 is 0. The maximum Gasteiger partial charge on any atom is 0.269 e. The minimum absolute atomic E-state index is 0.0117. The third-order valence-corrected chi connectivity index (χ3v) is 4.29. The van der Waals surface area contributed by atoms with Crippen molar-refractivity contribution in [3.05, 3.63) is 95.6 Å². The normalized spacial score (nSPS) is 10.0. The lowest BCUT2D eigenvalue weighted by Gasteiger charge is -2.11. The van der Waals surface area contributed by atoms with Crippen molar-refractivity contribution in [3.8, 4) is 11.1 Å². The van der Waals surface area contributed by atoms with Gasteiger partial charge >= 0.3 is 0 Å². The predicted octanol–water partition coefficient (Wildman–Crippen LogP) is 3.61. The number of hydrogen-bond acceptors (Lipinski definition) is 3. The third kappa shape index (κ3) is 5.02. The van der Waals surface area contributed by atoms with E-state index in [2.05, 4.69) is 16.2 Å². The number of hydrazine groups is 1. The second-order valence-electron chi connectivity index (χ2n) is 6.17. The standard InChI is InChI=1S/C22H19N3O2S/c1-15-7-9-19(10-8-15)21(27)24-25-22(28)23-20(26)18-13-11-17(12-14-18)16-5-3-2-4-6-16/h2-14H,1H3,(H,24,27)(H2,23,25,26,28). The molecule has 0 aliphatic rings. The molecule has 0 aliphatic heterocycles. The summed E-state index contributed by atoms with van der Waals surface area (Å²) in [5.41, 5.74) is 9.10. The number of carbonyl (C=O) groups is 2. The van der Waals surface area contributed by atoms with Crippen molar-refractivity contribution >= 4 is 29.1 Å². The first-order valence-electron chi connectivity index (χ1n) is 8.67. The number of amides is 2. The largest absolute Gasteiger partial charge is 0.298 e. The molecule has 0 heterocycles. The highest BCUT2D eigenvalue weighted by Gasteiger charge is 2.10. The maximum atomic E-state index is 12.3. The summed E-state index contributed by atoms with van der Waals surface area (Å²) in [6, 6.07) is 24.2. The highest BCUT2D eigenvalue weighted by molar-refractivity contribution is 7.80. The Bertz CT molecular complexity index is 985. The highest BCUT2D eigenvalue weighted by atomic mass is 32.1. The summed E-state index contributed by atoms with van der Waals surface area (Å²) in [5.74, 6) is -0.703. The molecule has 5 nitrogen and oxygen atoms in total. The molecule has 3 aromatic rings. The quantitative estimate of drug-likeness (QED) is 0.473. The Morgan fingerprint density at radius 1 is 0.679 bits per heavy atom. The maximum absolute atomic E-state index is 12.3. The predicted molar refractivity (Wildman–Crippen MR) is 114 cm³/mol. The smallest absolute Gasteiger partial charge is 0.269 e. The average Bonchev–Trinajstić information content (AvgIpc) is 2.73. The van der Waals surface area contributed by atoms with Crippen LogP contribution in [0, 0.1) is 6.92 Å². The zero-order valence-corrected chi connectivity index (χ0v) is 16.0. The van der Waals surface area contributed by atoms with Crippen molar-refractivity contribution in [1.29, 1.82) is 0 Å². The van der Waals surface area contributed by atoms with Gasteiger partial charge in [0.25, 0.3) is 11.8 Å². The van der Waals surface area contributed by atoms with Gasteiger partial charge in [0.2, 0.25) is 0 Å². The number of hydrogen-bond donors (Lipinski definition) is 3. The molecule has 0 unspecified atom stereocenters. The van der Waals surface area contributed by atoms with E-state index < -0.39 is 0 Å². The van der Waals surface area contributed by atoms with Crippen molar-refractivity contribution < 1.29 is 9.59 Å². The van der Waals surface area contributed by atoms with Crippen LogP contribution in [0.15, 0.2) is 78.9 Å².